The maximum Gasteiger partial charge on any atom is 0.177 e. The number of rotatable bonds is 3. The molecule has 0 saturated heterocycles. The van der Waals surface area contributed by atoms with Gasteiger partial charge >= 0.3 is 0 Å². The summed E-state index contributed by atoms with van der Waals surface area (Å²) in [6.07, 6.45) is 7.20. The SMILES string of the molecule is Brc1cnc2nc(CCc3ccncc3)[nH]c2c1. The number of hydrogen-bond acceptors (Lipinski definition) is 3. The Balaban J connectivity index is 1.79. The van der Waals surface area contributed by atoms with Gasteiger partial charge in [-0.15, -0.1) is 0 Å². The molecule has 0 atom stereocenters. The number of H-pyrrole nitrogens is 1. The van der Waals surface area contributed by atoms with E-state index in [1.165, 1.54) is 5.56 Å². The molecule has 0 unspecified atom stereocenters. The zero-order valence-electron chi connectivity index (χ0n) is 9.60. The van der Waals surface area contributed by atoms with Gasteiger partial charge < -0.3 is 4.98 Å². The fourth-order valence-corrected chi connectivity index (χ4v) is 2.19. The summed E-state index contributed by atoms with van der Waals surface area (Å²) in [5.74, 6) is 0.965. The third kappa shape index (κ3) is 2.41. The van der Waals surface area contributed by atoms with Crippen LogP contribution in [0.1, 0.15) is 11.4 Å². The van der Waals surface area contributed by atoms with Crippen LogP contribution in [-0.2, 0) is 12.8 Å². The molecule has 0 amide bonds. The van der Waals surface area contributed by atoms with E-state index in [0.717, 1.165) is 34.3 Å². The Morgan fingerprint density at radius 1 is 1.17 bits per heavy atom. The number of fused-ring (bicyclic) bond motifs is 1. The lowest BCUT2D eigenvalue weighted by molar-refractivity contribution is 0.886. The lowest BCUT2D eigenvalue weighted by Crippen LogP contribution is -1.93. The number of pyridine rings is 2. The van der Waals surface area contributed by atoms with Gasteiger partial charge in [0.25, 0.3) is 0 Å². The second-order valence-electron chi connectivity index (χ2n) is 4.06. The fraction of sp³-hybridized carbons (Fsp3) is 0.154. The van der Waals surface area contributed by atoms with Crippen molar-refractivity contribution in [2.45, 2.75) is 12.8 Å². The summed E-state index contributed by atoms with van der Waals surface area (Å²) in [7, 11) is 0. The second kappa shape index (κ2) is 4.86. The Kier molecular flexibility index (Phi) is 3.06. The van der Waals surface area contributed by atoms with Crippen LogP contribution in [0.25, 0.3) is 11.2 Å². The normalized spacial score (nSPS) is 10.9. The minimum Gasteiger partial charge on any atom is -0.341 e. The molecule has 0 aliphatic heterocycles. The Bertz CT molecular complexity index is 663. The summed E-state index contributed by atoms with van der Waals surface area (Å²) in [6, 6.07) is 6.04. The maximum atomic E-state index is 4.47. The van der Waals surface area contributed by atoms with E-state index < -0.39 is 0 Å². The van der Waals surface area contributed by atoms with Crippen LogP contribution in [-0.4, -0.2) is 19.9 Å². The van der Waals surface area contributed by atoms with E-state index in [9.17, 15) is 0 Å². The first-order valence-corrected chi connectivity index (χ1v) is 6.49. The second-order valence-corrected chi connectivity index (χ2v) is 4.98. The van der Waals surface area contributed by atoms with Gasteiger partial charge in [-0.05, 0) is 46.1 Å². The summed E-state index contributed by atoms with van der Waals surface area (Å²) in [6.45, 7) is 0. The van der Waals surface area contributed by atoms with Gasteiger partial charge in [0.2, 0.25) is 0 Å². The molecule has 0 aromatic carbocycles. The maximum absolute atomic E-state index is 4.47. The summed E-state index contributed by atoms with van der Waals surface area (Å²) in [5.41, 5.74) is 3.00. The highest BCUT2D eigenvalue weighted by Gasteiger charge is 2.04. The van der Waals surface area contributed by atoms with Crippen LogP contribution in [0.3, 0.4) is 0 Å². The van der Waals surface area contributed by atoms with Crippen molar-refractivity contribution in [1.29, 1.82) is 0 Å². The molecule has 3 aromatic heterocycles. The van der Waals surface area contributed by atoms with Crippen LogP contribution in [0.5, 0.6) is 0 Å². The van der Waals surface area contributed by atoms with Crippen molar-refractivity contribution in [2.24, 2.45) is 0 Å². The van der Waals surface area contributed by atoms with Gasteiger partial charge in [-0.25, -0.2) is 9.97 Å². The van der Waals surface area contributed by atoms with E-state index in [0.29, 0.717) is 0 Å². The largest absolute Gasteiger partial charge is 0.341 e. The molecule has 0 saturated carbocycles. The monoisotopic (exact) mass is 302 g/mol. The number of nitrogens with zero attached hydrogens (tertiary/aromatic N) is 3. The number of halogens is 1. The molecular formula is C13H11BrN4. The van der Waals surface area contributed by atoms with Crippen molar-refractivity contribution in [3.8, 4) is 0 Å². The highest BCUT2D eigenvalue weighted by atomic mass is 79.9. The minimum absolute atomic E-state index is 0.767. The summed E-state index contributed by atoms with van der Waals surface area (Å²) < 4.78 is 0.958. The molecule has 4 nitrogen and oxygen atoms in total. The van der Waals surface area contributed by atoms with Crippen LogP contribution in [0.15, 0.2) is 41.3 Å². The van der Waals surface area contributed by atoms with Crippen molar-refractivity contribution >= 4 is 27.1 Å². The number of aromatic nitrogens is 4. The van der Waals surface area contributed by atoms with Crippen LogP contribution in [0, 0.1) is 0 Å². The van der Waals surface area contributed by atoms with E-state index in [1.54, 1.807) is 6.20 Å². The Labute approximate surface area is 113 Å². The van der Waals surface area contributed by atoms with Crippen LogP contribution >= 0.6 is 15.9 Å². The van der Waals surface area contributed by atoms with Crippen molar-refractivity contribution in [3.63, 3.8) is 0 Å². The summed E-state index contributed by atoms with van der Waals surface area (Å²) in [5, 5.41) is 0. The minimum atomic E-state index is 0.767. The van der Waals surface area contributed by atoms with Gasteiger partial charge in [0.15, 0.2) is 5.65 Å². The van der Waals surface area contributed by atoms with Crippen molar-refractivity contribution in [3.05, 3.63) is 52.7 Å². The first-order valence-electron chi connectivity index (χ1n) is 5.70. The van der Waals surface area contributed by atoms with E-state index in [-0.39, 0.29) is 0 Å². The molecule has 3 rings (SSSR count). The molecule has 1 N–H and O–H groups in total. The number of hydrogen-bond donors (Lipinski definition) is 1. The first kappa shape index (κ1) is 11.3. The van der Waals surface area contributed by atoms with Gasteiger partial charge in [0.1, 0.15) is 5.82 Å². The molecule has 0 aliphatic carbocycles. The molecule has 0 fully saturated rings. The molecule has 90 valence electrons. The Hall–Kier alpha value is -1.75. The molecule has 0 aliphatic rings. The average Bonchev–Trinajstić information content (AvgIpc) is 2.79. The zero-order chi connectivity index (χ0) is 12.4. The van der Waals surface area contributed by atoms with Crippen LogP contribution < -0.4 is 0 Å². The van der Waals surface area contributed by atoms with E-state index in [1.807, 2.05) is 30.6 Å². The van der Waals surface area contributed by atoms with Gasteiger partial charge in [0, 0.05) is 29.5 Å². The van der Waals surface area contributed by atoms with Gasteiger partial charge in [-0.3, -0.25) is 4.98 Å². The summed E-state index contributed by atoms with van der Waals surface area (Å²) >= 11 is 3.40. The predicted octanol–water partition coefficient (Wildman–Crippen LogP) is 2.90. The molecule has 0 radical (unpaired) electrons. The molecule has 3 heterocycles. The van der Waals surface area contributed by atoms with E-state index in [4.69, 9.17) is 0 Å². The van der Waals surface area contributed by atoms with Crippen molar-refractivity contribution in [2.75, 3.05) is 0 Å². The number of aryl methyl sites for hydroxylation is 2. The predicted molar refractivity (Wildman–Crippen MR) is 73.2 cm³/mol. The molecule has 5 heteroatoms. The van der Waals surface area contributed by atoms with Crippen molar-refractivity contribution in [1.82, 2.24) is 19.9 Å². The zero-order valence-corrected chi connectivity index (χ0v) is 11.2. The van der Waals surface area contributed by atoms with Crippen LogP contribution in [0.4, 0.5) is 0 Å². The smallest absolute Gasteiger partial charge is 0.177 e. The molecule has 18 heavy (non-hydrogen) atoms. The van der Waals surface area contributed by atoms with Crippen molar-refractivity contribution < 1.29 is 0 Å². The standard InChI is InChI=1S/C13H11BrN4/c14-10-7-11-13(16-8-10)18-12(17-11)2-1-9-3-5-15-6-4-9/h3-8H,1-2H2,(H,16,17,18). The Morgan fingerprint density at radius 3 is 2.83 bits per heavy atom. The third-order valence-electron chi connectivity index (χ3n) is 2.75. The third-order valence-corrected chi connectivity index (χ3v) is 3.19. The average molecular weight is 303 g/mol. The topological polar surface area (TPSA) is 54.5 Å². The highest BCUT2D eigenvalue weighted by Crippen LogP contribution is 2.15. The molecule has 3 aromatic rings. The quantitative estimate of drug-likeness (QED) is 0.809. The van der Waals surface area contributed by atoms with E-state index in [2.05, 4.69) is 35.9 Å². The van der Waals surface area contributed by atoms with Gasteiger partial charge in [-0.2, -0.15) is 0 Å². The highest BCUT2D eigenvalue weighted by molar-refractivity contribution is 9.10. The van der Waals surface area contributed by atoms with Gasteiger partial charge in [-0.1, -0.05) is 0 Å². The molecule has 0 bridgehead atoms. The lowest BCUT2D eigenvalue weighted by atomic mass is 10.1. The Morgan fingerprint density at radius 2 is 2.00 bits per heavy atom. The first-order chi connectivity index (χ1) is 8.81. The van der Waals surface area contributed by atoms with E-state index >= 15 is 0 Å². The molecular weight excluding hydrogens is 292 g/mol. The summed E-state index contributed by atoms with van der Waals surface area (Å²) in [4.78, 5) is 16.0. The number of imidazole rings is 1. The number of aromatic amines is 1. The lowest BCUT2D eigenvalue weighted by Gasteiger charge is -1.97. The fourth-order valence-electron chi connectivity index (χ4n) is 1.85. The van der Waals surface area contributed by atoms with Crippen LogP contribution in [0.2, 0.25) is 0 Å². The number of nitrogens with one attached hydrogen (secondary N) is 1. The molecule has 0 spiro atoms. The van der Waals surface area contributed by atoms with Gasteiger partial charge in [0.05, 0.1) is 5.52 Å².